The highest BCUT2D eigenvalue weighted by Crippen LogP contribution is 2.27. The van der Waals surface area contributed by atoms with Crippen molar-refractivity contribution in [3.05, 3.63) is 0 Å². The van der Waals surface area contributed by atoms with Crippen molar-refractivity contribution in [2.24, 2.45) is 5.92 Å². The summed E-state index contributed by atoms with van der Waals surface area (Å²) in [4.78, 5) is 0. The Morgan fingerprint density at radius 3 is 2.40 bits per heavy atom. The molecule has 0 aromatic carbocycles. The minimum atomic E-state index is -0.155. The minimum Gasteiger partial charge on any atom is -0.291 e. The van der Waals surface area contributed by atoms with Crippen LogP contribution in [-0.2, 0) is 9.09 Å². The van der Waals surface area contributed by atoms with Crippen LogP contribution in [0.1, 0.15) is 32.6 Å². The molecule has 58 valence electrons. The molecule has 0 heterocycles. The van der Waals surface area contributed by atoms with Crippen LogP contribution in [0.15, 0.2) is 0 Å². The van der Waals surface area contributed by atoms with Crippen molar-refractivity contribution >= 4 is 8.69 Å². The Morgan fingerprint density at radius 2 is 1.90 bits per heavy atom. The molecule has 10 heavy (non-hydrogen) atoms. The van der Waals surface area contributed by atoms with E-state index >= 15 is 0 Å². The van der Waals surface area contributed by atoms with Crippen LogP contribution in [0.4, 0.5) is 0 Å². The molecule has 0 aliphatic heterocycles. The van der Waals surface area contributed by atoms with Gasteiger partial charge in [0.1, 0.15) is 0 Å². The van der Waals surface area contributed by atoms with Gasteiger partial charge < -0.3 is 0 Å². The quantitative estimate of drug-likeness (QED) is 0.580. The smallest absolute Gasteiger partial charge is 0.291 e. The highest BCUT2D eigenvalue weighted by atomic mass is 31.1. The van der Waals surface area contributed by atoms with E-state index in [4.69, 9.17) is 4.52 Å². The molecule has 0 bridgehead atoms. The minimum absolute atomic E-state index is 0.155. The number of rotatable bonds is 2. The first-order chi connectivity index (χ1) is 4.83. The molecule has 0 aromatic heterocycles. The molecule has 0 N–H and O–H groups in total. The van der Waals surface area contributed by atoms with E-state index in [-0.39, 0.29) is 14.8 Å². The van der Waals surface area contributed by atoms with Crippen LogP contribution in [0.25, 0.3) is 0 Å². The van der Waals surface area contributed by atoms with Crippen LogP contribution in [0.5, 0.6) is 0 Å². The van der Waals surface area contributed by atoms with Gasteiger partial charge in [-0.25, -0.2) is 4.57 Å². The standard InChI is InChI=1S/C7H13O2P/c1-6-2-4-7(5-3-6)9-10-8/h6-7H,2-5H2,1H3. The van der Waals surface area contributed by atoms with Crippen molar-refractivity contribution in [2.45, 2.75) is 38.7 Å². The summed E-state index contributed by atoms with van der Waals surface area (Å²) in [7, 11) is -0.155. The molecule has 0 radical (unpaired) electrons. The summed E-state index contributed by atoms with van der Waals surface area (Å²) >= 11 is 0. The van der Waals surface area contributed by atoms with E-state index in [0.29, 0.717) is 0 Å². The summed E-state index contributed by atoms with van der Waals surface area (Å²) in [6, 6.07) is 0. The second-order valence-electron chi connectivity index (χ2n) is 3.06. The first kappa shape index (κ1) is 8.16. The lowest BCUT2D eigenvalue weighted by molar-refractivity contribution is 0.151. The van der Waals surface area contributed by atoms with Crippen LogP contribution in [-0.4, -0.2) is 6.10 Å². The Labute approximate surface area is 63.2 Å². The normalized spacial score (nSPS) is 34.5. The summed E-state index contributed by atoms with van der Waals surface area (Å²) in [5.41, 5.74) is 0. The fourth-order valence-electron chi connectivity index (χ4n) is 1.40. The van der Waals surface area contributed by atoms with Crippen molar-refractivity contribution in [1.29, 1.82) is 0 Å². The number of hydrogen-bond acceptors (Lipinski definition) is 2. The van der Waals surface area contributed by atoms with Crippen molar-refractivity contribution in [3.63, 3.8) is 0 Å². The van der Waals surface area contributed by atoms with Crippen LogP contribution in [0.3, 0.4) is 0 Å². The Bertz CT molecular complexity index is 108. The topological polar surface area (TPSA) is 26.3 Å². The van der Waals surface area contributed by atoms with Crippen LogP contribution < -0.4 is 0 Å². The average Bonchev–Trinajstić information content (AvgIpc) is 1.95. The second-order valence-corrected chi connectivity index (χ2v) is 3.42. The Morgan fingerprint density at radius 1 is 1.30 bits per heavy atom. The van der Waals surface area contributed by atoms with Gasteiger partial charge in [-0.2, -0.15) is 0 Å². The lowest BCUT2D eigenvalue weighted by Gasteiger charge is -2.23. The predicted octanol–water partition coefficient (Wildman–Crippen LogP) is 2.79. The molecule has 1 aliphatic rings. The zero-order chi connectivity index (χ0) is 7.40. The summed E-state index contributed by atoms with van der Waals surface area (Å²) in [5.74, 6) is 0.836. The second kappa shape index (κ2) is 4.05. The van der Waals surface area contributed by atoms with Crippen LogP contribution in [0.2, 0.25) is 0 Å². The lowest BCUT2D eigenvalue weighted by atomic mass is 9.89. The average molecular weight is 160 g/mol. The van der Waals surface area contributed by atoms with E-state index in [0.717, 1.165) is 18.8 Å². The van der Waals surface area contributed by atoms with E-state index in [1.807, 2.05) is 0 Å². The molecule has 3 heteroatoms. The molecule has 0 atom stereocenters. The van der Waals surface area contributed by atoms with E-state index in [1.165, 1.54) is 12.8 Å². The molecule has 0 unspecified atom stereocenters. The Kier molecular flexibility index (Phi) is 3.30. The van der Waals surface area contributed by atoms with Gasteiger partial charge >= 0.3 is 8.69 Å². The van der Waals surface area contributed by atoms with Crippen molar-refractivity contribution in [3.8, 4) is 0 Å². The highest BCUT2D eigenvalue weighted by molar-refractivity contribution is 7.17. The first-order valence-electron chi connectivity index (χ1n) is 3.81. The maximum absolute atomic E-state index is 10.0. The molecule has 2 nitrogen and oxygen atoms in total. The fourth-order valence-corrected chi connectivity index (χ4v) is 1.73. The van der Waals surface area contributed by atoms with E-state index in [2.05, 4.69) is 6.92 Å². The summed E-state index contributed by atoms with van der Waals surface area (Å²) in [5, 5.41) is 0. The van der Waals surface area contributed by atoms with E-state index in [9.17, 15) is 4.57 Å². The third kappa shape index (κ3) is 2.36. The van der Waals surface area contributed by atoms with Gasteiger partial charge in [0.25, 0.3) is 0 Å². The Balaban J connectivity index is 2.19. The van der Waals surface area contributed by atoms with Gasteiger partial charge in [0.05, 0.1) is 6.10 Å². The summed E-state index contributed by atoms with van der Waals surface area (Å²) in [6.45, 7) is 2.26. The SMILES string of the molecule is CC1CCC(OP=O)CC1. The van der Waals surface area contributed by atoms with Gasteiger partial charge in [0, 0.05) is 0 Å². The van der Waals surface area contributed by atoms with E-state index < -0.39 is 0 Å². The molecule has 1 saturated carbocycles. The molecular formula is C7H13O2P. The zero-order valence-electron chi connectivity index (χ0n) is 6.25. The van der Waals surface area contributed by atoms with Crippen molar-refractivity contribution < 1.29 is 9.09 Å². The lowest BCUT2D eigenvalue weighted by Crippen LogP contribution is -2.16. The molecule has 0 amide bonds. The summed E-state index contributed by atoms with van der Waals surface area (Å²) in [6.07, 6.45) is 4.86. The highest BCUT2D eigenvalue weighted by Gasteiger charge is 2.18. The molecule has 1 aliphatic carbocycles. The van der Waals surface area contributed by atoms with E-state index in [1.54, 1.807) is 0 Å². The third-order valence-electron chi connectivity index (χ3n) is 2.15. The molecule has 0 saturated heterocycles. The molecule has 1 fully saturated rings. The van der Waals surface area contributed by atoms with Gasteiger partial charge in [-0.05, 0) is 31.6 Å². The van der Waals surface area contributed by atoms with Gasteiger partial charge in [0.2, 0.25) is 0 Å². The molecule has 0 aromatic rings. The fraction of sp³-hybridized carbons (Fsp3) is 1.00. The van der Waals surface area contributed by atoms with Crippen LogP contribution in [0, 0.1) is 5.92 Å². The van der Waals surface area contributed by atoms with Crippen molar-refractivity contribution in [2.75, 3.05) is 0 Å². The van der Waals surface area contributed by atoms with Gasteiger partial charge in [0.15, 0.2) is 0 Å². The largest absolute Gasteiger partial charge is 0.327 e. The van der Waals surface area contributed by atoms with Gasteiger partial charge in [-0.1, -0.05) is 6.92 Å². The number of hydrogen-bond donors (Lipinski definition) is 0. The Hall–Kier alpha value is 0.0600. The maximum atomic E-state index is 10.0. The van der Waals surface area contributed by atoms with Crippen molar-refractivity contribution in [1.82, 2.24) is 0 Å². The monoisotopic (exact) mass is 160 g/mol. The first-order valence-corrected chi connectivity index (χ1v) is 4.54. The van der Waals surface area contributed by atoms with Gasteiger partial charge in [-0.15, -0.1) is 0 Å². The van der Waals surface area contributed by atoms with Gasteiger partial charge in [-0.3, -0.25) is 4.52 Å². The zero-order valence-corrected chi connectivity index (χ0v) is 7.14. The molecule has 1 rings (SSSR count). The molecular weight excluding hydrogens is 147 g/mol. The predicted molar refractivity (Wildman–Crippen MR) is 40.1 cm³/mol. The molecule has 0 spiro atoms. The maximum Gasteiger partial charge on any atom is 0.327 e. The summed E-state index contributed by atoms with van der Waals surface area (Å²) < 4.78 is 15.0. The third-order valence-corrected chi connectivity index (χ3v) is 2.54. The van der Waals surface area contributed by atoms with Crippen LogP contribution >= 0.6 is 8.69 Å².